The second-order valence-electron chi connectivity index (χ2n) is 1.92. The van der Waals surface area contributed by atoms with Crippen LogP contribution < -0.4 is 0 Å². The van der Waals surface area contributed by atoms with Crippen LogP contribution in [0.25, 0.3) is 0 Å². The highest BCUT2D eigenvalue weighted by Gasteiger charge is 1.92. The van der Waals surface area contributed by atoms with Gasteiger partial charge in [-0.25, -0.2) is 0 Å². The van der Waals surface area contributed by atoms with Gasteiger partial charge in [-0.3, -0.25) is 4.79 Å². The molecule has 1 N–H and O–H groups in total. The molecule has 0 unspecified atom stereocenters. The molecule has 0 aliphatic carbocycles. The van der Waals surface area contributed by atoms with Crippen LogP contribution in [0.1, 0.15) is 17.3 Å². The van der Waals surface area contributed by atoms with E-state index in [1.54, 1.807) is 6.92 Å². The Hall–Kier alpha value is -0.933. The number of hydrogen-bond acceptors (Lipinski definition) is 2. The number of rotatable bonds is 1. The molecule has 0 saturated carbocycles. The van der Waals surface area contributed by atoms with Crippen molar-refractivity contribution >= 4 is 16.3 Å². The molecular formula is C8H12O2Si. The molecule has 0 bridgehead atoms. The fourth-order valence-electron chi connectivity index (χ4n) is 0.673. The van der Waals surface area contributed by atoms with Crippen molar-refractivity contribution in [2.45, 2.75) is 6.92 Å². The number of hydrogen-bond donors (Lipinski definition) is 1. The minimum atomic E-state index is 0.121. The van der Waals surface area contributed by atoms with E-state index >= 15 is 0 Å². The molecule has 0 atom stereocenters. The molecule has 0 aliphatic rings. The van der Waals surface area contributed by atoms with E-state index in [9.17, 15) is 4.79 Å². The van der Waals surface area contributed by atoms with Gasteiger partial charge in [0.15, 0.2) is 5.78 Å². The summed E-state index contributed by atoms with van der Waals surface area (Å²) in [4.78, 5) is 17.8. The zero-order valence-corrected chi connectivity index (χ0v) is 8.74. The van der Waals surface area contributed by atoms with Crippen LogP contribution in [0.3, 0.4) is 0 Å². The molecule has 3 heteroatoms. The van der Waals surface area contributed by atoms with Gasteiger partial charge in [-0.2, -0.15) is 0 Å². The molecular weight excluding hydrogens is 156 g/mol. The highest BCUT2D eigenvalue weighted by atomic mass is 28.2. The quantitative estimate of drug-likeness (QED) is 0.479. The summed E-state index contributed by atoms with van der Waals surface area (Å²) in [6.45, 7) is 1.56. The summed E-state index contributed by atoms with van der Waals surface area (Å²) < 4.78 is 0. The van der Waals surface area contributed by atoms with E-state index in [2.05, 4.69) is 0 Å². The summed E-state index contributed by atoms with van der Waals surface area (Å²) in [6.07, 6.45) is 0. The summed E-state index contributed by atoms with van der Waals surface area (Å²) in [6, 6.07) is 9.23. The number of benzene rings is 1. The SMILES string of the molecule is CC(=O)c1ccccc1.O[SiH3]. The fourth-order valence-corrected chi connectivity index (χ4v) is 0.673. The predicted octanol–water partition coefficient (Wildman–Crippen LogP) is 0.148. The third-order valence-corrected chi connectivity index (χ3v) is 1.18. The first kappa shape index (κ1) is 10.1. The molecule has 0 amide bonds. The van der Waals surface area contributed by atoms with Gasteiger partial charge in [-0.1, -0.05) is 30.3 Å². The maximum absolute atomic E-state index is 10.6. The maximum Gasteiger partial charge on any atom is 0.159 e. The minimum absolute atomic E-state index is 0.121. The number of carbonyl (C=O) groups excluding carboxylic acids is 1. The number of carbonyl (C=O) groups is 1. The summed E-state index contributed by atoms with van der Waals surface area (Å²) >= 11 is 0. The molecule has 0 fully saturated rings. The summed E-state index contributed by atoms with van der Waals surface area (Å²) in [5.41, 5.74) is 0.775. The molecule has 2 nitrogen and oxygen atoms in total. The van der Waals surface area contributed by atoms with Crippen LogP contribution in [-0.4, -0.2) is 21.1 Å². The third-order valence-electron chi connectivity index (χ3n) is 1.18. The Morgan fingerprint density at radius 2 is 1.73 bits per heavy atom. The molecule has 0 aliphatic heterocycles. The molecule has 0 radical (unpaired) electrons. The Morgan fingerprint density at radius 1 is 1.27 bits per heavy atom. The lowest BCUT2D eigenvalue weighted by Crippen LogP contribution is -1.88. The highest BCUT2D eigenvalue weighted by Crippen LogP contribution is 1.97. The molecule has 0 saturated heterocycles. The minimum Gasteiger partial charge on any atom is -0.442 e. The van der Waals surface area contributed by atoms with E-state index in [1.807, 2.05) is 30.3 Å². The molecule has 11 heavy (non-hydrogen) atoms. The predicted molar refractivity (Wildman–Crippen MR) is 48.6 cm³/mol. The van der Waals surface area contributed by atoms with E-state index in [4.69, 9.17) is 4.80 Å². The normalized spacial score (nSPS) is 8.18. The van der Waals surface area contributed by atoms with Gasteiger partial charge in [0.2, 0.25) is 0 Å². The lowest BCUT2D eigenvalue weighted by molar-refractivity contribution is 0.101. The Balaban J connectivity index is 0.000000461. The van der Waals surface area contributed by atoms with E-state index in [1.165, 1.54) is 0 Å². The third kappa shape index (κ3) is 3.70. The topological polar surface area (TPSA) is 37.3 Å². The zero-order chi connectivity index (χ0) is 8.69. The molecule has 1 aromatic rings. The van der Waals surface area contributed by atoms with Gasteiger partial charge in [-0.05, 0) is 6.92 Å². The Morgan fingerprint density at radius 3 is 2.00 bits per heavy atom. The molecule has 0 heterocycles. The first-order valence-corrected chi connectivity index (χ1v) is 4.21. The van der Waals surface area contributed by atoms with Crippen molar-refractivity contribution in [1.29, 1.82) is 0 Å². The standard InChI is InChI=1S/C8H8O.H4OSi/c1-7(9)8-5-3-2-4-6-8;1-2/h2-6H,1H3;1H,2H3. The van der Waals surface area contributed by atoms with Crippen LogP contribution in [0.2, 0.25) is 0 Å². The van der Waals surface area contributed by atoms with Gasteiger partial charge in [0.05, 0.1) is 0 Å². The summed E-state index contributed by atoms with van der Waals surface area (Å²) in [5.74, 6) is 0.121. The number of Topliss-reactive ketones (excluding diaryl/α,β-unsaturated/α-hetero) is 1. The van der Waals surface area contributed by atoms with Gasteiger partial charge < -0.3 is 4.80 Å². The van der Waals surface area contributed by atoms with Crippen molar-refractivity contribution in [2.24, 2.45) is 0 Å². The molecule has 0 spiro atoms. The summed E-state index contributed by atoms with van der Waals surface area (Å²) in [7, 11) is 0.306. The van der Waals surface area contributed by atoms with Crippen molar-refractivity contribution in [1.82, 2.24) is 0 Å². The average Bonchev–Trinajstić information content (AvgIpc) is 2.10. The second kappa shape index (κ2) is 5.82. The van der Waals surface area contributed by atoms with Gasteiger partial charge in [0.25, 0.3) is 0 Å². The maximum atomic E-state index is 10.6. The molecule has 1 aromatic carbocycles. The highest BCUT2D eigenvalue weighted by molar-refractivity contribution is 5.95. The Labute approximate surface area is 69.4 Å². The fraction of sp³-hybridized carbons (Fsp3) is 0.125. The van der Waals surface area contributed by atoms with Crippen LogP contribution in [-0.2, 0) is 0 Å². The van der Waals surface area contributed by atoms with E-state index in [0.717, 1.165) is 5.56 Å². The monoisotopic (exact) mass is 168 g/mol. The van der Waals surface area contributed by atoms with Crippen molar-refractivity contribution in [2.75, 3.05) is 0 Å². The van der Waals surface area contributed by atoms with Crippen molar-refractivity contribution in [3.63, 3.8) is 0 Å². The second-order valence-corrected chi connectivity index (χ2v) is 1.92. The van der Waals surface area contributed by atoms with Gasteiger partial charge in [0.1, 0.15) is 10.5 Å². The van der Waals surface area contributed by atoms with Crippen LogP contribution in [0.4, 0.5) is 0 Å². The van der Waals surface area contributed by atoms with Gasteiger partial charge >= 0.3 is 0 Å². The van der Waals surface area contributed by atoms with Crippen molar-refractivity contribution < 1.29 is 9.59 Å². The molecule has 0 aromatic heterocycles. The lowest BCUT2D eigenvalue weighted by atomic mass is 10.2. The zero-order valence-electron chi connectivity index (χ0n) is 6.74. The van der Waals surface area contributed by atoms with E-state index < -0.39 is 0 Å². The number of ketones is 1. The lowest BCUT2D eigenvalue weighted by Gasteiger charge is -1.89. The van der Waals surface area contributed by atoms with Crippen molar-refractivity contribution in [3.8, 4) is 0 Å². The van der Waals surface area contributed by atoms with Gasteiger partial charge in [0, 0.05) is 5.56 Å². The van der Waals surface area contributed by atoms with Crippen LogP contribution >= 0.6 is 0 Å². The smallest absolute Gasteiger partial charge is 0.159 e. The Kier molecular flexibility index (Phi) is 5.33. The summed E-state index contributed by atoms with van der Waals surface area (Å²) in [5, 5.41) is 0. The van der Waals surface area contributed by atoms with Crippen LogP contribution in [0.15, 0.2) is 30.3 Å². The van der Waals surface area contributed by atoms with Gasteiger partial charge in [-0.15, -0.1) is 0 Å². The average molecular weight is 168 g/mol. The van der Waals surface area contributed by atoms with Crippen LogP contribution in [0, 0.1) is 0 Å². The first-order valence-electron chi connectivity index (χ1n) is 3.31. The van der Waals surface area contributed by atoms with E-state index in [0.29, 0.717) is 10.5 Å². The van der Waals surface area contributed by atoms with Crippen LogP contribution in [0.5, 0.6) is 0 Å². The molecule has 60 valence electrons. The van der Waals surface area contributed by atoms with Crippen molar-refractivity contribution in [3.05, 3.63) is 35.9 Å². The van der Waals surface area contributed by atoms with E-state index in [-0.39, 0.29) is 5.78 Å². The molecule has 1 rings (SSSR count). The largest absolute Gasteiger partial charge is 0.442 e. The Bertz CT molecular complexity index is 209. The first-order chi connectivity index (χ1) is 5.30.